The third-order valence-corrected chi connectivity index (χ3v) is 4.70. The number of aliphatic carboxylic acids is 1. The Kier molecular flexibility index (Phi) is 6.86. The van der Waals surface area contributed by atoms with Gasteiger partial charge in [0.1, 0.15) is 31.0 Å². The highest BCUT2D eigenvalue weighted by atomic mass is 19.4. The lowest BCUT2D eigenvalue weighted by Crippen LogP contribution is -2.33. The summed E-state index contributed by atoms with van der Waals surface area (Å²) in [5.41, 5.74) is 1.43. The predicted octanol–water partition coefficient (Wildman–Crippen LogP) is 3.77. The van der Waals surface area contributed by atoms with Crippen LogP contribution in [0.4, 0.5) is 19.0 Å². The van der Waals surface area contributed by atoms with Crippen molar-refractivity contribution in [1.82, 2.24) is 15.0 Å². The maximum absolute atomic E-state index is 12.9. The van der Waals surface area contributed by atoms with Gasteiger partial charge < -0.3 is 19.9 Å². The Balaban J connectivity index is 1.83. The molecule has 3 aromatic rings. The molecule has 2 aromatic heterocycles. The van der Waals surface area contributed by atoms with Gasteiger partial charge in [-0.3, -0.25) is 4.98 Å². The number of carbonyl (C=O) groups is 1. The van der Waals surface area contributed by atoms with Gasteiger partial charge in [0.05, 0.1) is 20.6 Å². The Bertz CT molecular complexity index is 1160. The summed E-state index contributed by atoms with van der Waals surface area (Å²) in [6.07, 6.45) is -4.20. The number of benzene rings is 1. The minimum absolute atomic E-state index is 0.145. The van der Waals surface area contributed by atoms with Gasteiger partial charge in [0, 0.05) is 41.2 Å². The molecule has 0 aliphatic rings. The number of hydrogen-bond acceptors (Lipinski definition) is 7. The highest BCUT2D eigenvalue weighted by molar-refractivity contribution is 5.77. The molecule has 0 bridgehead atoms. The topological polar surface area (TPSA) is 106 Å². The van der Waals surface area contributed by atoms with Crippen molar-refractivity contribution in [2.45, 2.75) is 25.1 Å². The van der Waals surface area contributed by atoms with Crippen molar-refractivity contribution in [3.63, 3.8) is 0 Å². The number of ether oxygens (including phenoxy) is 2. The highest BCUT2D eigenvalue weighted by Gasteiger charge is 2.30. The SMILES string of the molecule is [2H]c1ncc(CC(F)(F)F)c(N[C@@H](Cc2ccc(-c3cc(OC)ccc3OC)cn2)C(=O)O)n1. The molecule has 0 spiro atoms. The van der Waals surface area contributed by atoms with Crippen molar-refractivity contribution >= 4 is 11.8 Å². The van der Waals surface area contributed by atoms with E-state index in [-0.39, 0.29) is 17.8 Å². The van der Waals surface area contributed by atoms with Gasteiger partial charge in [-0.15, -0.1) is 0 Å². The van der Waals surface area contributed by atoms with Crippen LogP contribution < -0.4 is 14.8 Å². The van der Waals surface area contributed by atoms with Gasteiger partial charge in [-0.1, -0.05) is 6.07 Å². The van der Waals surface area contributed by atoms with Crippen LogP contribution in [0.5, 0.6) is 11.5 Å². The smallest absolute Gasteiger partial charge is 0.393 e. The summed E-state index contributed by atoms with van der Waals surface area (Å²) in [4.78, 5) is 23.2. The second-order valence-electron chi connectivity index (χ2n) is 6.98. The number of alkyl halides is 3. The Hall–Kier alpha value is -3.89. The van der Waals surface area contributed by atoms with E-state index < -0.39 is 30.9 Å². The Labute approximate surface area is 188 Å². The van der Waals surface area contributed by atoms with Crippen LogP contribution >= 0.6 is 0 Å². The van der Waals surface area contributed by atoms with Crippen LogP contribution in [0.15, 0.2) is 49.0 Å². The largest absolute Gasteiger partial charge is 0.497 e. The molecule has 11 heteroatoms. The zero-order chi connectivity index (χ0) is 24.9. The van der Waals surface area contributed by atoms with Crippen LogP contribution in [0.3, 0.4) is 0 Å². The van der Waals surface area contributed by atoms with E-state index in [9.17, 15) is 23.1 Å². The number of halogens is 3. The number of pyridine rings is 1. The Morgan fingerprint density at radius 1 is 1.18 bits per heavy atom. The first-order chi connectivity index (χ1) is 16.1. The van der Waals surface area contributed by atoms with E-state index in [4.69, 9.17) is 10.8 Å². The van der Waals surface area contributed by atoms with Crippen LogP contribution in [-0.4, -0.2) is 52.5 Å². The molecule has 8 nitrogen and oxygen atoms in total. The lowest BCUT2D eigenvalue weighted by molar-refractivity contribution is -0.137. The minimum atomic E-state index is -4.55. The quantitative estimate of drug-likeness (QED) is 0.494. The van der Waals surface area contributed by atoms with E-state index in [0.717, 1.165) is 11.8 Å². The number of carboxylic acids is 1. The van der Waals surface area contributed by atoms with E-state index in [1.54, 1.807) is 30.3 Å². The molecule has 3 rings (SSSR count). The monoisotopic (exact) mass is 463 g/mol. The lowest BCUT2D eigenvalue weighted by Gasteiger charge is -2.18. The molecule has 0 aliphatic heterocycles. The molecule has 1 aromatic carbocycles. The number of nitrogens with one attached hydrogen (secondary N) is 1. The molecule has 0 amide bonds. The average molecular weight is 463 g/mol. The fourth-order valence-corrected chi connectivity index (χ4v) is 3.11. The maximum Gasteiger partial charge on any atom is 0.393 e. The summed E-state index contributed by atoms with van der Waals surface area (Å²) >= 11 is 0. The predicted molar refractivity (Wildman–Crippen MR) is 113 cm³/mol. The lowest BCUT2D eigenvalue weighted by atomic mass is 10.0. The van der Waals surface area contributed by atoms with Crippen molar-refractivity contribution < 1.29 is 33.9 Å². The molecule has 0 saturated carbocycles. The molecule has 2 N–H and O–H groups in total. The van der Waals surface area contributed by atoms with Crippen LogP contribution in [-0.2, 0) is 17.6 Å². The molecule has 0 fully saturated rings. The highest BCUT2D eigenvalue weighted by Crippen LogP contribution is 2.33. The standard InChI is InChI=1S/C22H21F3N4O4/c1-32-16-5-6-19(33-2)17(8-16)13-3-4-15(27-11-13)7-18(21(30)31)29-20-14(9-22(23,24)25)10-26-12-28-20/h3-6,8,10-12,18H,7,9H2,1-2H3,(H,30,31)(H,26,28,29)/t18-/m0/s1/i12D. The van der Waals surface area contributed by atoms with Gasteiger partial charge in [0.2, 0.25) is 0 Å². The van der Waals surface area contributed by atoms with Gasteiger partial charge in [0.25, 0.3) is 0 Å². The fourth-order valence-electron chi connectivity index (χ4n) is 3.11. The van der Waals surface area contributed by atoms with Crippen LogP contribution in [0.25, 0.3) is 11.1 Å². The van der Waals surface area contributed by atoms with E-state index >= 15 is 0 Å². The van der Waals surface area contributed by atoms with Gasteiger partial charge >= 0.3 is 12.1 Å². The molecule has 0 radical (unpaired) electrons. The summed E-state index contributed by atoms with van der Waals surface area (Å²) in [6, 6.07) is 7.25. The summed E-state index contributed by atoms with van der Waals surface area (Å²) < 4.78 is 56.7. The van der Waals surface area contributed by atoms with Crippen LogP contribution in [0.1, 0.15) is 12.6 Å². The molecular weight excluding hydrogens is 441 g/mol. The summed E-state index contributed by atoms with van der Waals surface area (Å²) in [7, 11) is 3.06. The second-order valence-corrected chi connectivity index (χ2v) is 6.98. The van der Waals surface area contributed by atoms with E-state index in [0.29, 0.717) is 22.8 Å². The number of hydrogen-bond donors (Lipinski definition) is 2. The number of rotatable bonds is 9. The zero-order valence-corrected chi connectivity index (χ0v) is 17.7. The molecule has 33 heavy (non-hydrogen) atoms. The number of carboxylic acid groups (broad SMARTS) is 1. The first kappa shape index (κ1) is 22.3. The zero-order valence-electron chi connectivity index (χ0n) is 18.7. The summed E-state index contributed by atoms with van der Waals surface area (Å²) in [5.74, 6) is -0.471. The van der Waals surface area contributed by atoms with Gasteiger partial charge in [-0.25, -0.2) is 14.8 Å². The van der Waals surface area contributed by atoms with Crippen molar-refractivity contribution in [2.24, 2.45) is 0 Å². The summed E-state index contributed by atoms with van der Waals surface area (Å²) in [6.45, 7) is 0. The molecule has 0 saturated heterocycles. The van der Waals surface area contributed by atoms with Crippen LogP contribution in [0.2, 0.25) is 0 Å². The third-order valence-electron chi connectivity index (χ3n) is 4.70. The number of nitrogens with zero attached hydrogens (tertiary/aromatic N) is 3. The summed E-state index contributed by atoms with van der Waals surface area (Å²) in [5, 5.41) is 12.1. The van der Waals surface area contributed by atoms with Crippen molar-refractivity contribution in [2.75, 3.05) is 19.5 Å². The van der Waals surface area contributed by atoms with E-state index in [1.807, 2.05) is 0 Å². The third kappa shape index (κ3) is 6.31. The Morgan fingerprint density at radius 3 is 2.58 bits per heavy atom. The average Bonchev–Trinajstić information content (AvgIpc) is 2.79. The molecule has 2 heterocycles. The molecule has 1 atom stereocenters. The van der Waals surface area contributed by atoms with Gasteiger partial charge in [-0.2, -0.15) is 13.2 Å². The van der Waals surface area contributed by atoms with Crippen LogP contribution in [0, 0.1) is 0 Å². The molecule has 174 valence electrons. The molecule has 0 aliphatic carbocycles. The number of anilines is 1. The molecule has 0 unspecified atom stereocenters. The normalized spacial score (nSPS) is 12.6. The number of aromatic nitrogens is 3. The van der Waals surface area contributed by atoms with Crippen molar-refractivity contribution in [3.05, 3.63) is 60.3 Å². The van der Waals surface area contributed by atoms with Gasteiger partial charge in [0.15, 0.2) is 0 Å². The second kappa shape index (κ2) is 10.2. The maximum atomic E-state index is 12.9. The molecular formula is C22H21F3N4O4. The Morgan fingerprint density at radius 2 is 1.97 bits per heavy atom. The van der Waals surface area contributed by atoms with Gasteiger partial charge in [-0.05, 0) is 24.3 Å². The van der Waals surface area contributed by atoms with E-state index in [1.165, 1.54) is 20.4 Å². The van der Waals surface area contributed by atoms with Crippen molar-refractivity contribution in [3.8, 4) is 22.6 Å². The number of methoxy groups -OCH3 is 2. The first-order valence-electron chi connectivity index (χ1n) is 10.2. The van der Waals surface area contributed by atoms with E-state index in [2.05, 4.69) is 20.3 Å². The fraction of sp³-hybridized carbons (Fsp3) is 0.273. The first-order valence-corrected chi connectivity index (χ1v) is 9.65. The van der Waals surface area contributed by atoms with Crippen molar-refractivity contribution in [1.29, 1.82) is 0 Å². The minimum Gasteiger partial charge on any atom is -0.497 e.